The number of benzene rings is 1. The van der Waals surface area contributed by atoms with E-state index in [0.29, 0.717) is 17.7 Å². The van der Waals surface area contributed by atoms with Crippen LogP contribution in [0.5, 0.6) is 0 Å². The van der Waals surface area contributed by atoms with E-state index >= 15 is 0 Å². The van der Waals surface area contributed by atoms with Gasteiger partial charge >= 0.3 is 0 Å². The van der Waals surface area contributed by atoms with E-state index in [1.54, 1.807) is 24.3 Å². The summed E-state index contributed by atoms with van der Waals surface area (Å²) in [5, 5.41) is 2.56. The van der Waals surface area contributed by atoms with Gasteiger partial charge in [0.15, 0.2) is 5.78 Å². The summed E-state index contributed by atoms with van der Waals surface area (Å²) in [5.74, 6) is -0.494. The predicted molar refractivity (Wildman–Crippen MR) is 81.8 cm³/mol. The summed E-state index contributed by atoms with van der Waals surface area (Å²) in [5.41, 5.74) is 1.06. The van der Waals surface area contributed by atoms with Gasteiger partial charge in [0, 0.05) is 11.3 Å². The first-order valence-electron chi connectivity index (χ1n) is 6.72. The molecule has 0 fully saturated rings. The van der Waals surface area contributed by atoms with E-state index in [1.807, 2.05) is 6.92 Å². The molecule has 2 N–H and O–H groups in total. The van der Waals surface area contributed by atoms with E-state index in [1.165, 1.54) is 6.92 Å². The molecule has 0 aliphatic carbocycles. The fraction of sp³-hybridized carbons (Fsp3) is 0.429. The van der Waals surface area contributed by atoms with Gasteiger partial charge in [-0.15, -0.1) is 0 Å². The lowest BCUT2D eigenvalue weighted by Gasteiger charge is -2.08. The molecule has 0 saturated carbocycles. The number of hydrogen-bond donors (Lipinski definition) is 2. The number of sulfonamides is 1. The Morgan fingerprint density at radius 3 is 2.29 bits per heavy atom. The Labute approximate surface area is 125 Å². The molecule has 1 aromatic carbocycles. The second-order valence-electron chi connectivity index (χ2n) is 4.68. The van der Waals surface area contributed by atoms with Crippen LogP contribution >= 0.6 is 0 Å². The van der Waals surface area contributed by atoms with Gasteiger partial charge in [-0.3, -0.25) is 9.59 Å². The van der Waals surface area contributed by atoms with E-state index in [-0.39, 0.29) is 18.1 Å². The number of amides is 1. The number of unbranched alkanes of at least 4 members (excludes halogenated alkanes) is 1. The zero-order chi connectivity index (χ0) is 15.9. The average molecular weight is 312 g/mol. The molecule has 0 heterocycles. The molecule has 0 aliphatic heterocycles. The molecule has 1 amide bonds. The van der Waals surface area contributed by atoms with Gasteiger partial charge in [0.2, 0.25) is 15.9 Å². The van der Waals surface area contributed by atoms with Crippen molar-refractivity contribution in [2.24, 2.45) is 0 Å². The normalized spacial score (nSPS) is 11.1. The second kappa shape index (κ2) is 7.90. The van der Waals surface area contributed by atoms with Gasteiger partial charge in [-0.2, -0.15) is 0 Å². The molecule has 1 rings (SSSR count). The number of Topliss-reactive ketones (excluding diaryl/α,β-unsaturated/α-hetero) is 1. The van der Waals surface area contributed by atoms with Crippen molar-refractivity contribution in [3.63, 3.8) is 0 Å². The second-order valence-corrected chi connectivity index (χ2v) is 6.60. The summed E-state index contributed by atoms with van der Waals surface area (Å²) in [6, 6.07) is 6.40. The van der Waals surface area contributed by atoms with Crippen molar-refractivity contribution < 1.29 is 18.0 Å². The van der Waals surface area contributed by atoms with Crippen molar-refractivity contribution in [3.05, 3.63) is 29.8 Å². The molecule has 0 radical (unpaired) electrons. The maximum absolute atomic E-state index is 11.6. The topological polar surface area (TPSA) is 92.3 Å². The van der Waals surface area contributed by atoms with Crippen LogP contribution in [-0.2, 0) is 14.8 Å². The van der Waals surface area contributed by atoms with E-state index in [2.05, 4.69) is 10.0 Å². The van der Waals surface area contributed by atoms with Crippen molar-refractivity contribution in [2.45, 2.75) is 26.7 Å². The lowest BCUT2D eigenvalue weighted by molar-refractivity contribution is -0.115. The number of hydrogen-bond acceptors (Lipinski definition) is 4. The number of nitrogens with one attached hydrogen (secondary N) is 2. The van der Waals surface area contributed by atoms with Crippen LogP contribution in [0.4, 0.5) is 5.69 Å². The highest BCUT2D eigenvalue weighted by Crippen LogP contribution is 2.09. The van der Waals surface area contributed by atoms with E-state index < -0.39 is 15.9 Å². The lowest BCUT2D eigenvalue weighted by Crippen LogP contribution is -2.34. The van der Waals surface area contributed by atoms with Gasteiger partial charge in [0.05, 0.1) is 12.3 Å². The van der Waals surface area contributed by atoms with Crippen LogP contribution in [0.25, 0.3) is 0 Å². The van der Waals surface area contributed by atoms with Gasteiger partial charge in [-0.05, 0) is 37.6 Å². The Kier molecular flexibility index (Phi) is 6.51. The van der Waals surface area contributed by atoms with Crippen molar-refractivity contribution in [1.82, 2.24) is 4.72 Å². The zero-order valence-electron chi connectivity index (χ0n) is 12.2. The molecule has 0 spiro atoms. The minimum absolute atomic E-state index is 0.0179. The van der Waals surface area contributed by atoms with Gasteiger partial charge in [-0.25, -0.2) is 13.1 Å². The summed E-state index contributed by atoms with van der Waals surface area (Å²) in [6.07, 6.45) is 1.33. The van der Waals surface area contributed by atoms with Crippen LogP contribution < -0.4 is 10.0 Å². The van der Waals surface area contributed by atoms with Crippen molar-refractivity contribution in [2.75, 3.05) is 17.6 Å². The van der Waals surface area contributed by atoms with E-state index in [9.17, 15) is 18.0 Å². The zero-order valence-corrected chi connectivity index (χ0v) is 13.0. The molecule has 0 atom stereocenters. The van der Waals surface area contributed by atoms with Crippen LogP contribution in [0.3, 0.4) is 0 Å². The summed E-state index contributed by atoms with van der Waals surface area (Å²) < 4.78 is 25.3. The Morgan fingerprint density at radius 1 is 1.14 bits per heavy atom. The first-order valence-corrected chi connectivity index (χ1v) is 8.37. The SMILES string of the molecule is CCCCS(=O)(=O)NCC(=O)Nc1ccc(C(C)=O)cc1. The maximum Gasteiger partial charge on any atom is 0.239 e. The number of carbonyl (C=O) groups excluding carboxylic acids is 2. The van der Waals surface area contributed by atoms with Gasteiger partial charge in [0.1, 0.15) is 0 Å². The summed E-state index contributed by atoms with van der Waals surface area (Å²) in [4.78, 5) is 22.8. The molecule has 1 aromatic rings. The smallest absolute Gasteiger partial charge is 0.239 e. The first kappa shape index (κ1) is 17.3. The highest BCUT2D eigenvalue weighted by Gasteiger charge is 2.11. The van der Waals surface area contributed by atoms with E-state index in [4.69, 9.17) is 0 Å². The molecule has 0 bridgehead atoms. The van der Waals surface area contributed by atoms with Gasteiger partial charge in [0.25, 0.3) is 0 Å². The Hall–Kier alpha value is -1.73. The third-order valence-corrected chi connectivity index (χ3v) is 4.20. The lowest BCUT2D eigenvalue weighted by atomic mass is 10.1. The molecule has 7 heteroatoms. The molecular weight excluding hydrogens is 292 g/mol. The third-order valence-electron chi connectivity index (χ3n) is 2.79. The number of rotatable bonds is 8. The quantitative estimate of drug-likeness (QED) is 0.712. The van der Waals surface area contributed by atoms with Crippen LogP contribution in [0, 0.1) is 0 Å². The van der Waals surface area contributed by atoms with Crippen LogP contribution in [0.2, 0.25) is 0 Å². The Balaban J connectivity index is 2.48. The Morgan fingerprint density at radius 2 is 1.76 bits per heavy atom. The summed E-state index contributed by atoms with van der Waals surface area (Å²) in [6.45, 7) is 3.05. The maximum atomic E-state index is 11.6. The van der Waals surface area contributed by atoms with Crippen LogP contribution in [0.1, 0.15) is 37.0 Å². The number of anilines is 1. The molecule has 6 nitrogen and oxygen atoms in total. The molecule has 21 heavy (non-hydrogen) atoms. The average Bonchev–Trinajstić information content (AvgIpc) is 2.44. The minimum Gasteiger partial charge on any atom is -0.325 e. The fourth-order valence-electron chi connectivity index (χ4n) is 1.58. The highest BCUT2D eigenvalue weighted by molar-refractivity contribution is 7.89. The minimum atomic E-state index is -3.40. The van der Waals surface area contributed by atoms with E-state index in [0.717, 1.165) is 6.42 Å². The van der Waals surface area contributed by atoms with Gasteiger partial charge < -0.3 is 5.32 Å². The molecule has 0 aliphatic rings. The Bertz CT molecular complexity index is 594. The van der Waals surface area contributed by atoms with Crippen molar-refractivity contribution in [3.8, 4) is 0 Å². The largest absolute Gasteiger partial charge is 0.325 e. The molecule has 0 aromatic heterocycles. The highest BCUT2D eigenvalue weighted by atomic mass is 32.2. The molecule has 0 unspecified atom stereocenters. The van der Waals surface area contributed by atoms with Crippen molar-refractivity contribution >= 4 is 27.4 Å². The third kappa shape index (κ3) is 6.50. The summed E-state index contributed by atoms with van der Waals surface area (Å²) >= 11 is 0. The first-order chi connectivity index (χ1) is 9.84. The molecule has 116 valence electrons. The van der Waals surface area contributed by atoms with Gasteiger partial charge in [-0.1, -0.05) is 13.3 Å². The fourth-order valence-corrected chi connectivity index (χ4v) is 2.74. The summed E-state index contributed by atoms with van der Waals surface area (Å²) in [7, 11) is -3.40. The standard InChI is InChI=1S/C14H20N2O4S/c1-3-4-9-21(19,20)15-10-14(18)16-13-7-5-12(6-8-13)11(2)17/h5-8,15H,3-4,9-10H2,1-2H3,(H,16,18). The van der Waals surface area contributed by atoms with Crippen LogP contribution in [-0.4, -0.2) is 32.4 Å². The number of ketones is 1. The molecular formula is C14H20N2O4S. The number of carbonyl (C=O) groups is 2. The van der Waals surface area contributed by atoms with Crippen molar-refractivity contribution in [1.29, 1.82) is 0 Å². The molecule has 0 saturated heterocycles. The van der Waals surface area contributed by atoms with Crippen LogP contribution in [0.15, 0.2) is 24.3 Å². The monoisotopic (exact) mass is 312 g/mol. The predicted octanol–water partition coefficient (Wildman–Crippen LogP) is 1.55.